The first-order valence-corrected chi connectivity index (χ1v) is 18.9. The van der Waals surface area contributed by atoms with Crippen LogP contribution in [-0.4, -0.2) is 26.4 Å². The highest BCUT2D eigenvalue weighted by atomic mass is 31.2. The fourth-order valence-corrected chi connectivity index (χ4v) is 9.41. The highest BCUT2D eigenvalue weighted by Crippen LogP contribution is 2.62. The molecule has 2 fully saturated rings. The minimum absolute atomic E-state index is 0.0116. The lowest BCUT2D eigenvalue weighted by Gasteiger charge is -2.43. The van der Waals surface area contributed by atoms with E-state index in [4.69, 9.17) is 18.1 Å². The van der Waals surface area contributed by atoms with Crippen LogP contribution in [0.15, 0.2) is 36.4 Å². The van der Waals surface area contributed by atoms with E-state index in [1.807, 2.05) is 0 Å². The highest BCUT2D eigenvalue weighted by molar-refractivity contribution is 7.53. The number of hydrogen-bond donors (Lipinski definition) is 0. The average molecular weight is 633 g/mol. The third-order valence-electron chi connectivity index (χ3n) is 8.57. The molecule has 2 heterocycles. The molecule has 8 heteroatoms. The number of rotatable bonds is 4. The first kappa shape index (κ1) is 34.6. The summed E-state index contributed by atoms with van der Waals surface area (Å²) in [7, 11) is -6.78. The lowest BCUT2D eigenvalue weighted by molar-refractivity contribution is -0.0690. The predicted octanol–water partition coefficient (Wildman–Crippen LogP) is 10.0. The van der Waals surface area contributed by atoms with Crippen LogP contribution in [0, 0.1) is 5.41 Å². The Bertz CT molecular complexity index is 1300. The van der Waals surface area contributed by atoms with Gasteiger partial charge in [-0.15, -0.1) is 0 Å². The molecule has 2 aliphatic rings. The van der Waals surface area contributed by atoms with Gasteiger partial charge in [-0.25, -0.2) is 0 Å². The van der Waals surface area contributed by atoms with Crippen molar-refractivity contribution in [2.75, 3.05) is 26.4 Å². The molecule has 0 aliphatic carbocycles. The topological polar surface area (TPSA) is 71.1 Å². The van der Waals surface area contributed by atoms with Crippen LogP contribution in [0.2, 0.25) is 0 Å². The van der Waals surface area contributed by atoms with Gasteiger partial charge < -0.3 is 18.1 Å². The van der Waals surface area contributed by atoms with E-state index >= 15 is 0 Å². The SMILES string of the molecule is CC(C)(C)c1ccc(CP2(=O)OCC3(CO2)COP(=O)(Cc2ccc(C(C)(C)C)cc2C(C)(C)C)OC3)c(C(C)(C)C)c1. The van der Waals surface area contributed by atoms with Crippen LogP contribution in [0.1, 0.15) is 116 Å². The van der Waals surface area contributed by atoms with Crippen LogP contribution in [0.3, 0.4) is 0 Å². The summed E-state index contributed by atoms with van der Waals surface area (Å²) < 4.78 is 51.6. The van der Waals surface area contributed by atoms with E-state index in [0.29, 0.717) is 0 Å². The molecule has 0 amide bonds. The molecule has 2 aromatic rings. The van der Waals surface area contributed by atoms with Crippen LogP contribution >= 0.6 is 15.2 Å². The van der Waals surface area contributed by atoms with E-state index in [2.05, 4.69) is 119 Å². The van der Waals surface area contributed by atoms with Gasteiger partial charge in [-0.1, -0.05) is 119 Å². The van der Waals surface area contributed by atoms with Gasteiger partial charge in [0.2, 0.25) is 0 Å². The molecule has 0 atom stereocenters. The molecule has 0 saturated carbocycles. The van der Waals surface area contributed by atoms with Gasteiger partial charge in [0.05, 0.1) is 44.2 Å². The molecule has 0 N–H and O–H groups in total. The smallest absolute Gasteiger partial charge is 0.307 e. The van der Waals surface area contributed by atoms with Gasteiger partial charge in [-0.2, -0.15) is 0 Å². The van der Waals surface area contributed by atoms with Gasteiger partial charge in [-0.05, 0) is 55.0 Å². The lowest BCUT2D eigenvalue weighted by Crippen LogP contribution is -2.45. The van der Waals surface area contributed by atoms with E-state index in [0.717, 1.165) is 22.3 Å². The normalized spacial score (nSPS) is 27.4. The summed E-state index contributed by atoms with van der Waals surface area (Å²) in [5, 5.41) is 0. The molecule has 0 bridgehead atoms. The summed E-state index contributed by atoms with van der Waals surface area (Å²) in [5.74, 6) is 0. The first-order valence-electron chi connectivity index (χ1n) is 15.5. The Morgan fingerprint density at radius 2 is 0.837 bits per heavy atom. The Balaban J connectivity index is 1.45. The minimum atomic E-state index is -3.39. The molecule has 4 rings (SSSR count). The Kier molecular flexibility index (Phi) is 9.27. The molecule has 2 saturated heterocycles. The van der Waals surface area contributed by atoms with Crippen molar-refractivity contribution in [3.8, 4) is 0 Å². The van der Waals surface area contributed by atoms with Crippen molar-refractivity contribution in [3.05, 3.63) is 69.8 Å². The van der Waals surface area contributed by atoms with Crippen molar-refractivity contribution in [2.45, 2.75) is 117 Å². The molecule has 0 aromatic heterocycles. The highest BCUT2D eigenvalue weighted by Gasteiger charge is 2.49. The minimum Gasteiger partial charge on any atom is -0.307 e. The van der Waals surface area contributed by atoms with Crippen LogP contribution in [-0.2, 0) is 61.2 Å². The molecule has 43 heavy (non-hydrogen) atoms. The molecule has 1 spiro atoms. The average Bonchev–Trinajstić information content (AvgIpc) is 2.86. The van der Waals surface area contributed by atoms with Crippen molar-refractivity contribution in [3.63, 3.8) is 0 Å². The molecule has 2 aromatic carbocycles. The Labute approximate surface area is 260 Å². The summed E-state index contributed by atoms with van der Waals surface area (Å²) in [4.78, 5) is 0. The van der Waals surface area contributed by atoms with Crippen LogP contribution in [0.25, 0.3) is 0 Å². The van der Waals surface area contributed by atoms with E-state index in [1.54, 1.807) is 0 Å². The fraction of sp³-hybridized carbons (Fsp3) is 0.657. The molecular formula is C35H54O6P2. The van der Waals surface area contributed by atoms with Crippen molar-refractivity contribution < 1.29 is 27.2 Å². The van der Waals surface area contributed by atoms with Crippen molar-refractivity contribution in [2.24, 2.45) is 5.41 Å². The maximum absolute atomic E-state index is 13.8. The van der Waals surface area contributed by atoms with Crippen LogP contribution < -0.4 is 0 Å². The summed E-state index contributed by atoms with van der Waals surface area (Å²) in [6.45, 7) is 26.9. The Morgan fingerprint density at radius 1 is 0.535 bits per heavy atom. The molecule has 0 unspecified atom stereocenters. The van der Waals surface area contributed by atoms with Crippen molar-refractivity contribution in [1.29, 1.82) is 0 Å². The largest absolute Gasteiger partial charge is 0.335 e. The Morgan fingerprint density at radius 3 is 1.09 bits per heavy atom. The van der Waals surface area contributed by atoms with Gasteiger partial charge in [-0.3, -0.25) is 9.13 Å². The summed E-state index contributed by atoms with van der Waals surface area (Å²) >= 11 is 0. The quantitative estimate of drug-likeness (QED) is 0.313. The summed E-state index contributed by atoms with van der Waals surface area (Å²) in [6, 6.07) is 12.8. The zero-order chi connectivity index (χ0) is 32.3. The standard InChI is InChI=1S/C35H54O6P2/c1-31(2,3)27-15-13-25(29(17-27)33(7,8)9)19-42(36)38-21-35(22-39-42)23-40-43(37,41-24-35)20-26-14-16-28(32(4,5)6)18-30(26)34(10,11)12/h13-18H,19-24H2,1-12H3. The van der Waals surface area contributed by atoms with Crippen LogP contribution in [0.4, 0.5) is 0 Å². The second-order valence-electron chi connectivity index (χ2n) is 16.9. The van der Waals surface area contributed by atoms with Gasteiger partial charge >= 0.3 is 15.2 Å². The van der Waals surface area contributed by atoms with E-state index in [-0.39, 0.29) is 60.4 Å². The van der Waals surface area contributed by atoms with E-state index in [9.17, 15) is 9.13 Å². The monoisotopic (exact) mass is 632 g/mol. The first-order chi connectivity index (χ1) is 19.4. The lowest BCUT2D eigenvalue weighted by atomic mass is 9.79. The molecular weight excluding hydrogens is 578 g/mol. The maximum atomic E-state index is 13.8. The molecule has 0 radical (unpaired) electrons. The number of hydrogen-bond acceptors (Lipinski definition) is 6. The van der Waals surface area contributed by atoms with Gasteiger partial charge in [0.1, 0.15) is 0 Å². The maximum Gasteiger partial charge on any atom is 0.335 e. The molecule has 2 aliphatic heterocycles. The zero-order valence-electron chi connectivity index (χ0n) is 28.6. The molecule has 240 valence electrons. The van der Waals surface area contributed by atoms with Gasteiger partial charge in [0.25, 0.3) is 0 Å². The molecule has 6 nitrogen and oxygen atoms in total. The van der Waals surface area contributed by atoms with Crippen molar-refractivity contribution in [1.82, 2.24) is 0 Å². The third kappa shape index (κ3) is 8.13. The second-order valence-corrected chi connectivity index (χ2v) is 21.0. The van der Waals surface area contributed by atoms with Gasteiger partial charge in [0, 0.05) is 0 Å². The van der Waals surface area contributed by atoms with Crippen molar-refractivity contribution >= 4 is 15.2 Å². The Hall–Kier alpha value is -1.26. The zero-order valence-corrected chi connectivity index (χ0v) is 30.3. The fourth-order valence-electron chi connectivity index (χ4n) is 5.62. The second kappa shape index (κ2) is 11.5. The van der Waals surface area contributed by atoms with Crippen LogP contribution in [0.5, 0.6) is 0 Å². The summed E-state index contributed by atoms with van der Waals surface area (Å²) in [5.41, 5.74) is 5.87. The third-order valence-corrected chi connectivity index (χ3v) is 12.1. The van der Waals surface area contributed by atoms with E-state index in [1.165, 1.54) is 11.1 Å². The summed E-state index contributed by atoms with van der Waals surface area (Å²) in [6.07, 6.45) is 0.418. The van der Waals surface area contributed by atoms with E-state index < -0.39 is 20.6 Å². The number of benzene rings is 2. The van der Waals surface area contributed by atoms with Gasteiger partial charge in [0.15, 0.2) is 0 Å². The predicted molar refractivity (Wildman–Crippen MR) is 177 cm³/mol.